The summed E-state index contributed by atoms with van der Waals surface area (Å²) in [5.74, 6) is -1.89. The quantitative estimate of drug-likeness (QED) is 0.316. The van der Waals surface area contributed by atoms with Crippen molar-refractivity contribution in [3.63, 3.8) is 0 Å². The van der Waals surface area contributed by atoms with Crippen LogP contribution in [0.3, 0.4) is 0 Å². The van der Waals surface area contributed by atoms with Gasteiger partial charge in [0, 0.05) is 18.7 Å². The van der Waals surface area contributed by atoms with Gasteiger partial charge in [-0.15, -0.1) is 0 Å². The van der Waals surface area contributed by atoms with Crippen molar-refractivity contribution < 1.29 is 28.9 Å². The number of hydrogen-bond donors (Lipinski definition) is 1. The summed E-state index contributed by atoms with van der Waals surface area (Å²) in [4.78, 5) is 23.1. The average molecular weight is 275 g/mol. The molecule has 0 aromatic heterocycles. The highest BCUT2D eigenvalue weighted by Crippen LogP contribution is 1.85. The molecule has 0 heterocycles. The van der Waals surface area contributed by atoms with Crippen LogP contribution >= 0.6 is 0 Å². The topological polar surface area (TPSA) is 85.3 Å². The summed E-state index contributed by atoms with van der Waals surface area (Å²) in [6.45, 7) is 2.75. The first-order valence-corrected chi connectivity index (χ1v) is 5.90. The third-order valence-corrected chi connectivity index (χ3v) is 1.89. The monoisotopic (exact) mass is 275 g/mol. The number of hydrogen-bond acceptors (Lipinski definition) is 6. The van der Waals surface area contributed by atoms with E-state index in [1.54, 1.807) is 0 Å². The zero-order chi connectivity index (χ0) is 14.5. The molecule has 0 aromatic carbocycles. The number of ether oxygens (including phenoxy) is 3. The fourth-order valence-electron chi connectivity index (χ4n) is 0.958. The van der Waals surface area contributed by atoms with E-state index < -0.39 is 11.9 Å². The standard InChI is InChI=1S/C12H21NO6/c1-13(2)5-6-17-7-8-18-9-10-19-12(16)4-3-11(14)15/h3-4H,5-10H2,1-2H3,(H,14,15)/b4-3-. The number of carbonyl (C=O) groups excluding carboxylic acids is 1. The van der Waals surface area contributed by atoms with Crippen LogP contribution in [0.4, 0.5) is 0 Å². The highest BCUT2D eigenvalue weighted by molar-refractivity contribution is 5.90. The smallest absolute Gasteiger partial charge is 0.331 e. The zero-order valence-corrected chi connectivity index (χ0v) is 11.3. The van der Waals surface area contributed by atoms with Crippen LogP contribution in [0.5, 0.6) is 0 Å². The molecule has 0 aromatic rings. The Kier molecular flexibility index (Phi) is 10.8. The van der Waals surface area contributed by atoms with Crippen molar-refractivity contribution in [1.82, 2.24) is 4.90 Å². The number of aliphatic carboxylic acids is 1. The largest absolute Gasteiger partial charge is 0.478 e. The summed E-state index contributed by atoms with van der Waals surface area (Å²) in [7, 11) is 3.93. The Balaban J connectivity index is 3.27. The van der Waals surface area contributed by atoms with E-state index >= 15 is 0 Å². The molecule has 0 amide bonds. The molecule has 7 heteroatoms. The van der Waals surface area contributed by atoms with Crippen LogP contribution in [-0.4, -0.2) is 75.6 Å². The molecule has 0 spiro atoms. The number of rotatable bonds is 11. The van der Waals surface area contributed by atoms with E-state index in [0.29, 0.717) is 19.8 Å². The SMILES string of the molecule is CN(C)CCOCCOCCOC(=O)/C=C\C(=O)O. The van der Waals surface area contributed by atoms with Crippen molar-refractivity contribution in [1.29, 1.82) is 0 Å². The first-order valence-electron chi connectivity index (χ1n) is 5.90. The number of likely N-dealkylation sites (N-methyl/N-ethyl adjacent to an activating group) is 1. The summed E-state index contributed by atoms with van der Waals surface area (Å²) < 4.78 is 15.1. The number of carbonyl (C=O) groups is 2. The molecule has 19 heavy (non-hydrogen) atoms. The third kappa shape index (κ3) is 14.5. The maximum absolute atomic E-state index is 10.9. The molecule has 0 radical (unpaired) electrons. The molecular formula is C12H21NO6. The van der Waals surface area contributed by atoms with Crippen LogP contribution in [0.2, 0.25) is 0 Å². The average Bonchev–Trinajstić information content (AvgIpc) is 2.34. The Labute approximate surface area is 112 Å². The van der Waals surface area contributed by atoms with E-state index in [1.807, 2.05) is 19.0 Å². The summed E-state index contributed by atoms with van der Waals surface area (Å²) in [5.41, 5.74) is 0. The van der Waals surface area contributed by atoms with Gasteiger partial charge in [-0.05, 0) is 14.1 Å². The number of nitrogens with zero attached hydrogens (tertiary/aromatic N) is 1. The van der Waals surface area contributed by atoms with Crippen LogP contribution in [0.25, 0.3) is 0 Å². The molecule has 0 aliphatic rings. The Morgan fingerprint density at radius 3 is 2.16 bits per heavy atom. The lowest BCUT2D eigenvalue weighted by Gasteiger charge is -2.09. The van der Waals surface area contributed by atoms with Gasteiger partial charge in [-0.3, -0.25) is 0 Å². The van der Waals surface area contributed by atoms with Crippen LogP contribution in [0.1, 0.15) is 0 Å². The van der Waals surface area contributed by atoms with Gasteiger partial charge in [0.2, 0.25) is 0 Å². The lowest BCUT2D eigenvalue weighted by molar-refractivity contribution is -0.140. The molecule has 0 unspecified atom stereocenters. The van der Waals surface area contributed by atoms with Crippen molar-refractivity contribution in [2.24, 2.45) is 0 Å². The number of carboxylic acids is 1. The minimum absolute atomic E-state index is 0.0838. The van der Waals surface area contributed by atoms with Gasteiger partial charge in [-0.1, -0.05) is 0 Å². The molecule has 7 nitrogen and oxygen atoms in total. The molecule has 0 rings (SSSR count). The molecule has 0 saturated heterocycles. The van der Waals surface area contributed by atoms with Crippen molar-refractivity contribution in [3.05, 3.63) is 12.2 Å². The molecular weight excluding hydrogens is 254 g/mol. The predicted octanol–water partition coefficient (Wildman–Crippen LogP) is -0.235. The van der Waals surface area contributed by atoms with Crippen molar-refractivity contribution in [2.75, 3.05) is 53.7 Å². The fraction of sp³-hybridized carbons (Fsp3) is 0.667. The maximum atomic E-state index is 10.9. The van der Waals surface area contributed by atoms with Gasteiger partial charge in [-0.25, -0.2) is 9.59 Å². The third-order valence-electron chi connectivity index (χ3n) is 1.89. The molecule has 0 saturated carbocycles. The van der Waals surface area contributed by atoms with Crippen molar-refractivity contribution in [3.8, 4) is 0 Å². The molecule has 110 valence electrons. The molecule has 0 aliphatic heterocycles. The minimum atomic E-state index is -1.19. The molecule has 0 atom stereocenters. The molecule has 0 bridgehead atoms. The molecule has 0 aliphatic carbocycles. The second-order valence-corrected chi connectivity index (χ2v) is 3.87. The van der Waals surface area contributed by atoms with Gasteiger partial charge >= 0.3 is 11.9 Å². The van der Waals surface area contributed by atoms with E-state index in [4.69, 9.17) is 19.3 Å². The Morgan fingerprint density at radius 1 is 1.00 bits per heavy atom. The number of carboxylic acid groups (broad SMARTS) is 1. The van der Waals surface area contributed by atoms with E-state index in [-0.39, 0.29) is 13.2 Å². The first kappa shape index (κ1) is 17.6. The summed E-state index contributed by atoms with van der Waals surface area (Å²) >= 11 is 0. The highest BCUT2D eigenvalue weighted by atomic mass is 16.6. The lowest BCUT2D eigenvalue weighted by atomic mass is 10.5. The van der Waals surface area contributed by atoms with Gasteiger partial charge in [0.1, 0.15) is 6.61 Å². The normalized spacial score (nSPS) is 11.1. The summed E-state index contributed by atoms with van der Waals surface area (Å²) in [6, 6.07) is 0. The van der Waals surface area contributed by atoms with Gasteiger partial charge in [0.05, 0.1) is 26.4 Å². The Morgan fingerprint density at radius 2 is 1.58 bits per heavy atom. The fourth-order valence-corrected chi connectivity index (χ4v) is 0.958. The second kappa shape index (κ2) is 11.6. The maximum Gasteiger partial charge on any atom is 0.331 e. The van der Waals surface area contributed by atoms with Crippen LogP contribution in [-0.2, 0) is 23.8 Å². The van der Waals surface area contributed by atoms with Crippen LogP contribution in [0, 0.1) is 0 Å². The van der Waals surface area contributed by atoms with Crippen molar-refractivity contribution >= 4 is 11.9 Å². The van der Waals surface area contributed by atoms with Crippen molar-refractivity contribution in [2.45, 2.75) is 0 Å². The van der Waals surface area contributed by atoms with E-state index in [0.717, 1.165) is 18.7 Å². The van der Waals surface area contributed by atoms with E-state index in [9.17, 15) is 9.59 Å². The minimum Gasteiger partial charge on any atom is -0.478 e. The Hall–Kier alpha value is -1.44. The van der Waals surface area contributed by atoms with Gasteiger partial charge in [0.15, 0.2) is 0 Å². The summed E-state index contributed by atoms with van der Waals surface area (Å²) in [6.07, 6.45) is 1.58. The summed E-state index contributed by atoms with van der Waals surface area (Å²) in [5, 5.41) is 8.27. The Bertz CT molecular complexity index is 290. The predicted molar refractivity (Wildman–Crippen MR) is 67.9 cm³/mol. The molecule has 1 N–H and O–H groups in total. The van der Waals surface area contributed by atoms with Gasteiger partial charge in [0.25, 0.3) is 0 Å². The highest BCUT2D eigenvalue weighted by Gasteiger charge is 1.98. The van der Waals surface area contributed by atoms with Crippen LogP contribution < -0.4 is 0 Å². The number of esters is 1. The van der Waals surface area contributed by atoms with E-state index in [1.165, 1.54) is 0 Å². The van der Waals surface area contributed by atoms with E-state index in [2.05, 4.69) is 0 Å². The lowest BCUT2D eigenvalue weighted by Crippen LogP contribution is -2.19. The molecule has 0 fully saturated rings. The first-order chi connectivity index (χ1) is 9.02. The van der Waals surface area contributed by atoms with Crippen LogP contribution in [0.15, 0.2) is 12.2 Å². The van der Waals surface area contributed by atoms with Gasteiger partial charge in [-0.2, -0.15) is 0 Å². The second-order valence-electron chi connectivity index (χ2n) is 3.87. The zero-order valence-electron chi connectivity index (χ0n) is 11.3. The van der Waals surface area contributed by atoms with Gasteiger partial charge < -0.3 is 24.2 Å².